The van der Waals surface area contributed by atoms with Crippen molar-refractivity contribution in [2.75, 3.05) is 44.6 Å². The Bertz CT molecular complexity index is 910. The van der Waals surface area contributed by atoms with Crippen molar-refractivity contribution in [1.82, 2.24) is 15.1 Å². The maximum absolute atomic E-state index is 12.8. The van der Waals surface area contributed by atoms with Crippen LogP contribution in [0.2, 0.25) is 0 Å². The van der Waals surface area contributed by atoms with Crippen LogP contribution in [0.15, 0.2) is 48.5 Å². The molecule has 5 nitrogen and oxygen atoms in total. The summed E-state index contributed by atoms with van der Waals surface area (Å²) in [6.45, 7) is 9.60. The lowest BCUT2D eigenvalue weighted by molar-refractivity contribution is 0.0773. The minimum absolute atomic E-state index is 0.116. The molecule has 0 spiro atoms. The molecule has 4 rings (SSSR count). The van der Waals surface area contributed by atoms with E-state index >= 15 is 0 Å². The van der Waals surface area contributed by atoms with Crippen LogP contribution in [0.3, 0.4) is 0 Å². The van der Waals surface area contributed by atoms with Crippen molar-refractivity contribution in [3.05, 3.63) is 65.2 Å². The van der Waals surface area contributed by atoms with E-state index in [0.717, 1.165) is 44.8 Å². The highest BCUT2D eigenvalue weighted by Gasteiger charge is 2.25. The van der Waals surface area contributed by atoms with Gasteiger partial charge in [-0.05, 0) is 62.1 Å². The standard InChI is InChI=1S/C30H44N4O/c1-3-33(4-2)30(35)25-17-15-24(16-18-25)29(34-21-19-31-20-22-34)26-11-10-14-28(23-26)32-27-12-8-6-5-7-9-13-27/h10-11,14-18,23,27,29,31-32H,3-9,12-13,19-22H2,1-2H3. The summed E-state index contributed by atoms with van der Waals surface area (Å²) in [4.78, 5) is 17.3. The van der Waals surface area contributed by atoms with Gasteiger partial charge in [-0.3, -0.25) is 9.69 Å². The Morgan fingerprint density at radius 3 is 2.26 bits per heavy atom. The molecule has 0 radical (unpaired) electrons. The number of carbonyl (C=O) groups is 1. The highest BCUT2D eigenvalue weighted by Crippen LogP contribution is 2.31. The maximum atomic E-state index is 12.8. The second kappa shape index (κ2) is 13.1. The second-order valence-corrected chi connectivity index (χ2v) is 10.1. The third kappa shape index (κ3) is 6.86. The molecule has 35 heavy (non-hydrogen) atoms. The quantitative estimate of drug-likeness (QED) is 0.514. The van der Waals surface area contributed by atoms with Gasteiger partial charge in [-0.25, -0.2) is 0 Å². The lowest BCUT2D eigenvalue weighted by atomic mass is 9.94. The van der Waals surface area contributed by atoms with Gasteiger partial charge in [-0.2, -0.15) is 0 Å². The summed E-state index contributed by atoms with van der Waals surface area (Å²) in [5.74, 6) is 0.116. The molecule has 1 atom stereocenters. The number of hydrogen-bond acceptors (Lipinski definition) is 4. The topological polar surface area (TPSA) is 47.6 Å². The van der Waals surface area contributed by atoms with Crippen molar-refractivity contribution in [2.24, 2.45) is 0 Å². The number of rotatable bonds is 8. The average molecular weight is 477 g/mol. The molecular formula is C30H44N4O. The first-order chi connectivity index (χ1) is 17.2. The number of amides is 1. The average Bonchev–Trinajstić information content (AvgIpc) is 2.88. The molecule has 0 aromatic heterocycles. The van der Waals surface area contributed by atoms with Gasteiger partial charge in [0, 0.05) is 56.6 Å². The minimum Gasteiger partial charge on any atom is -0.382 e. The zero-order valence-corrected chi connectivity index (χ0v) is 21.8. The molecular weight excluding hydrogens is 432 g/mol. The van der Waals surface area contributed by atoms with E-state index in [4.69, 9.17) is 0 Å². The molecule has 190 valence electrons. The predicted octanol–water partition coefficient (Wildman–Crippen LogP) is 5.69. The lowest BCUT2D eigenvalue weighted by Crippen LogP contribution is -2.45. The molecule has 2 fully saturated rings. The van der Waals surface area contributed by atoms with Crippen molar-refractivity contribution in [2.45, 2.75) is 70.9 Å². The highest BCUT2D eigenvalue weighted by molar-refractivity contribution is 5.94. The van der Waals surface area contributed by atoms with Crippen LogP contribution in [0.4, 0.5) is 5.69 Å². The summed E-state index contributed by atoms with van der Waals surface area (Å²) in [5, 5.41) is 7.36. The number of piperazine rings is 1. The van der Waals surface area contributed by atoms with Gasteiger partial charge in [-0.1, -0.05) is 56.4 Å². The van der Waals surface area contributed by atoms with Gasteiger partial charge in [-0.15, -0.1) is 0 Å². The summed E-state index contributed by atoms with van der Waals surface area (Å²) in [7, 11) is 0. The van der Waals surface area contributed by atoms with Crippen LogP contribution in [0.1, 0.15) is 86.3 Å². The van der Waals surface area contributed by atoms with E-state index in [1.807, 2.05) is 30.9 Å². The molecule has 1 amide bonds. The third-order valence-corrected chi connectivity index (χ3v) is 7.72. The monoisotopic (exact) mass is 476 g/mol. The molecule has 2 N–H and O–H groups in total. The van der Waals surface area contributed by atoms with E-state index in [0.29, 0.717) is 6.04 Å². The first-order valence-corrected chi connectivity index (χ1v) is 13.9. The third-order valence-electron chi connectivity index (χ3n) is 7.72. The Kier molecular flexibility index (Phi) is 9.61. The first-order valence-electron chi connectivity index (χ1n) is 13.9. The van der Waals surface area contributed by atoms with E-state index < -0.39 is 0 Å². The molecule has 1 heterocycles. The molecule has 2 aromatic rings. The number of hydrogen-bond donors (Lipinski definition) is 2. The molecule has 5 heteroatoms. The number of nitrogens with one attached hydrogen (secondary N) is 2. The summed E-state index contributed by atoms with van der Waals surface area (Å²) in [6.07, 6.45) is 9.35. The Hall–Kier alpha value is -2.37. The smallest absolute Gasteiger partial charge is 0.253 e. The molecule has 2 aliphatic rings. The van der Waals surface area contributed by atoms with Crippen LogP contribution in [0, 0.1) is 0 Å². The fourth-order valence-corrected chi connectivity index (χ4v) is 5.69. The molecule has 1 saturated carbocycles. The number of carbonyl (C=O) groups excluding carboxylic acids is 1. The van der Waals surface area contributed by atoms with Crippen molar-refractivity contribution < 1.29 is 4.79 Å². The number of nitrogens with zero attached hydrogens (tertiary/aromatic N) is 2. The van der Waals surface area contributed by atoms with Crippen LogP contribution < -0.4 is 10.6 Å². The number of anilines is 1. The molecule has 1 saturated heterocycles. The summed E-state index contributed by atoms with van der Waals surface area (Å²) in [5.41, 5.74) is 4.59. The van der Waals surface area contributed by atoms with Crippen LogP contribution in [0.25, 0.3) is 0 Å². The van der Waals surface area contributed by atoms with E-state index in [1.165, 1.54) is 61.8 Å². The van der Waals surface area contributed by atoms with E-state index in [-0.39, 0.29) is 11.9 Å². The molecule has 1 aliphatic heterocycles. The van der Waals surface area contributed by atoms with Gasteiger partial charge in [0.1, 0.15) is 0 Å². The van der Waals surface area contributed by atoms with E-state index in [2.05, 4.69) is 51.9 Å². The molecule has 0 bridgehead atoms. The van der Waals surface area contributed by atoms with Gasteiger partial charge in [0.15, 0.2) is 0 Å². The van der Waals surface area contributed by atoms with Gasteiger partial charge < -0.3 is 15.5 Å². The Morgan fingerprint density at radius 2 is 1.60 bits per heavy atom. The molecule has 1 aliphatic carbocycles. The van der Waals surface area contributed by atoms with Gasteiger partial charge in [0.05, 0.1) is 6.04 Å². The fraction of sp³-hybridized carbons (Fsp3) is 0.567. The fourth-order valence-electron chi connectivity index (χ4n) is 5.69. The van der Waals surface area contributed by atoms with Crippen LogP contribution >= 0.6 is 0 Å². The van der Waals surface area contributed by atoms with Crippen molar-refractivity contribution >= 4 is 11.6 Å². The van der Waals surface area contributed by atoms with Gasteiger partial charge in [0.25, 0.3) is 5.91 Å². The summed E-state index contributed by atoms with van der Waals surface area (Å²) >= 11 is 0. The minimum atomic E-state index is 0.116. The van der Waals surface area contributed by atoms with Crippen LogP contribution in [-0.2, 0) is 0 Å². The van der Waals surface area contributed by atoms with E-state index in [9.17, 15) is 4.79 Å². The predicted molar refractivity (Wildman–Crippen MR) is 146 cm³/mol. The van der Waals surface area contributed by atoms with Gasteiger partial charge >= 0.3 is 0 Å². The Labute approximate surface area is 212 Å². The van der Waals surface area contributed by atoms with Gasteiger partial charge in [0.2, 0.25) is 0 Å². The molecule has 1 unspecified atom stereocenters. The van der Waals surface area contributed by atoms with E-state index in [1.54, 1.807) is 0 Å². The largest absolute Gasteiger partial charge is 0.382 e. The summed E-state index contributed by atoms with van der Waals surface area (Å²) < 4.78 is 0. The Morgan fingerprint density at radius 1 is 0.943 bits per heavy atom. The number of benzene rings is 2. The van der Waals surface area contributed by atoms with Crippen molar-refractivity contribution in [3.8, 4) is 0 Å². The van der Waals surface area contributed by atoms with Crippen molar-refractivity contribution in [1.29, 1.82) is 0 Å². The maximum Gasteiger partial charge on any atom is 0.253 e. The van der Waals surface area contributed by atoms with Crippen LogP contribution in [-0.4, -0.2) is 61.0 Å². The zero-order chi connectivity index (χ0) is 24.5. The SMILES string of the molecule is CCN(CC)C(=O)c1ccc(C(c2cccc(NC3CCCCCCC3)c2)N2CCNCC2)cc1. The summed E-state index contributed by atoms with van der Waals surface area (Å²) in [6, 6.07) is 18.2. The highest BCUT2D eigenvalue weighted by atomic mass is 16.2. The van der Waals surface area contributed by atoms with Crippen molar-refractivity contribution in [3.63, 3.8) is 0 Å². The normalized spacial score (nSPS) is 18.9. The van der Waals surface area contributed by atoms with Crippen LogP contribution in [0.5, 0.6) is 0 Å². The molecule has 2 aromatic carbocycles. The lowest BCUT2D eigenvalue weighted by Gasteiger charge is -2.36. The first kappa shape index (κ1) is 25.7. The second-order valence-electron chi connectivity index (χ2n) is 10.1. The zero-order valence-electron chi connectivity index (χ0n) is 21.8. The Balaban J connectivity index is 1.57.